The van der Waals surface area contributed by atoms with Crippen molar-refractivity contribution < 1.29 is 17.6 Å². The number of halogens is 4. The third kappa shape index (κ3) is 2.86. The van der Waals surface area contributed by atoms with Gasteiger partial charge in [-0.3, -0.25) is 0 Å². The maximum absolute atomic E-state index is 14.1. The fourth-order valence-corrected chi connectivity index (χ4v) is 2.15. The molecule has 0 aliphatic carbocycles. The van der Waals surface area contributed by atoms with Crippen molar-refractivity contribution >= 4 is 5.69 Å². The van der Waals surface area contributed by atoms with Crippen LogP contribution in [-0.4, -0.2) is 0 Å². The molecule has 0 aliphatic rings. The molecule has 2 aromatic rings. The average Bonchev–Trinajstić information content (AvgIpc) is 2.47. The van der Waals surface area contributed by atoms with Gasteiger partial charge in [0.25, 0.3) is 0 Å². The average molecular weight is 297 g/mol. The number of hydrogen-bond acceptors (Lipinski definition) is 1. The van der Waals surface area contributed by atoms with E-state index in [4.69, 9.17) is 5.73 Å². The van der Waals surface area contributed by atoms with E-state index in [0.29, 0.717) is 18.5 Å². The molecule has 112 valence electrons. The van der Waals surface area contributed by atoms with Gasteiger partial charge in [-0.15, -0.1) is 0 Å². The third-order valence-corrected chi connectivity index (χ3v) is 3.33. The molecule has 2 aromatic carbocycles. The van der Waals surface area contributed by atoms with Crippen LogP contribution in [0.4, 0.5) is 23.2 Å². The van der Waals surface area contributed by atoms with Crippen LogP contribution in [-0.2, 0) is 6.42 Å². The van der Waals surface area contributed by atoms with Gasteiger partial charge in [-0.05, 0) is 30.5 Å². The van der Waals surface area contributed by atoms with Crippen LogP contribution in [0.1, 0.15) is 25.3 Å². The van der Waals surface area contributed by atoms with Gasteiger partial charge < -0.3 is 5.73 Å². The molecule has 0 spiro atoms. The van der Waals surface area contributed by atoms with Gasteiger partial charge in [-0.1, -0.05) is 25.5 Å². The summed E-state index contributed by atoms with van der Waals surface area (Å²) >= 11 is 0. The van der Waals surface area contributed by atoms with Crippen molar-refractivity contribution in [2.75, 3.05) is 5.73 Å². The van der Waals surface area contributed by atoms with Crippen LogP contribution in [0.2, 0.25) is 0 Å². The lowest BCUT2D eigenvalue weighted by Crippen LogP contribution is -2.06. The monoisotopic (exact) mass is 297 g/mol. The Bertz CT molecular complexity index is 621. The molecule has 0 unspecified atom stereocenters. The molecule has 21 heavy (non-hydrogen) atoms. The van der Waals surface area contributed by atoms with Crippen LogP contribution < -0.4 is 5.73 Å². The predicted molar refractivity (Wildman–Crippen MR) is 74.7 cm³/mol. The summed E-state index contributed by atoms with van der Waals surface area (Å²) in [4.78, 5) is 0. The van der Waals surface area contributed by atoms with E-state index in [9.17, 15) is 17.6 Å². The highest BCUT2D eigenvalue weighted by molar-refractivity contribution is 5.67. The van der Waals surface area contributed by atoms with Crippen LogP contribution >= 0.6 is 0 Å². The topological polar surface area (TPSA) is 26.0 Å². The molecule has 0 amide bonds. The number of hydrogen-bond donors (Lipinski definition) is 1. The van der Waals surface area contributed by atoms with Crippen LogP contribution in [0.25, 0.3) is 11.1 Å². The molecule has 0 saturated heterocycles. The minimum Gasteiger partial charge on any atom is -0.399 e. The summed E-state index contributed by atoms with van der Waals surface area (Å²) in [7, 11) is 0. The molecule has 5 heteroatoms. The summed E-state index contributed by atoms with van der Waals surface area (Å²) in [6.45, 7) is 1.82. The van der Waals surface area contributed by atoms with Gasteiger partial charge in [-0.25, -0.2) is 17.6 Å². The second-order valence-corrected chi connectivity index (χ2v) is 4.84. The van der Waals surface area contributed by atoms with Crippen LogP contribution in [0.3, 0.4) is 0 Å². The highest BCUT2D eigenvalue weighted by Gasteiger charge is 2.25. The van der Waals surface area contributed by atoms with Crippen LogP contribution in [0.15, 0.2) is 24.3 Å². The summed E-state index contributed by atoms with van der Waals surface area (Å²) in [6.07, 6.45) is 1.08. The van der Waals surface area contributed by atoms with Crippen LogP contribution in [0, 0.1) is 23.3 Å². The number of anilines is 1. The summed E-state index contributed by atoms with van der Waals surface area (Å²) in [5.74, 6) is -5.39. The maximum atomic E-state index is 14.1. The van der Waals surface area contributed by atoms with E-state index >= 15 is 0 Å². The molecule has 0 bridgehead atoms. The second kappa shape index (κ2) is 6.16. The Kier molecular flexibility index (Phi) is 4.50. The Morgan fingerprint density at radius 1 is 0.857 bits per heavy atom. The van der Waals surface area contributed by atoms with Crippen LogP contribution in [0.5, 0.6) is 0 Å². The number of benzene rings is 2. The van der Waals surface area contributed by atoms with Gasteiger partial charge in [0, 0.05) is 11.3 Å². The second-order valence-electron chi connectivity index (χ2n) is 4.84. The van der Waals surface area contributed by atoms with E-state index in [1.807, 2.05) is 6.92 Å². The molecule has 0 heterocycles. The quantitative estimate of drug-likeness (QED) is 0.488. The highest BCUT2D eigenvalue weighted by atomic mass is 19.2. The largest absolute Gasteiger partial charge is 0.399 e. The zero-order valence-corrected chi connectivity index (χ0v) is 11.5. The van der Waals surface area contributed by atoms with Gasteiger partial charge >= 0.3 is 0 Å². The van der Waals surface area contributed by atoms with Crippen molar-refractivity contribution in [2.24, 2.45) is 0 Å². The van der Waals surface area contributed by atoms with E-state index in [2.05, 4.69) is 0 Å². The molecular weight excluding hydrogens is 282 g/mol. The van der Waals surface area contributed by atoms with E-state index in [1.54, 1.807) is 0 Å². The van der Waals surface area contributed by atoms with E-state index in [1.165, 1.54) is 24.3 Å². The highest BCUT2D eigenvalue weighted by Crippen LogP contribution is 2.33. The lowest BCUT2D eigenvalue weighted by atomic mass is 9.98. The first-order chi connectivity index (χ1) is 9.97. The molecule has 0 aromatic heterocycles. The summed E-state index contributed by atoms with van der Waals surface area (Å²) in [5.41, 5.74) is 4.67. The van der Waals surface area contributed by atoms with Gasteiger partial charge in [0.05, 0.1) is 5.56 Å². The molecule has 1 nitrogen and oxygen atoms in total. The number of nitrogens with two attached hydrogens (primary N) is 1. The molecule has 2 N–H and O–H groups in total. The minimum atomic E-state index is -1.37. The fourth-order valence-electron chi connectivity index (χ4n) is 2.15. The first kappa shape index (κ1) is 15.4. The first-order valence-corrected chi connectivity index (χ1v) is 6.68. The maximum Gasteiger partial charge on any atom is 0.170 e. The van der Waals surface area contributed by atoms with Gasteiger partial charge in [0.1, 0.15) is 0 Å². The minimum absolute atomic E-state index is 0.0377. The molecule has 0 aliphatic heterocycles. The van der Waals surface area contributed by atoms with Gasteiger partial charge in [0.2, 0.25) is 0 Å². The smallest absolute Gasteiger partial charge is 0.170 e. The standard InChI is InChI=1S/C16H15F4N/c1-2-3-4-11-13(17)15(19)12(16(20)14(11)18)9-5-7-10(21)8-6-9/h5-8H,2-4,21H2,1H3. The van der Waals surface area contributed by atoms with Gasteiger partial charge in [-0.2, -0.15) is 0 Å². The van der Waals surface area contributed by atoms with Crippen molar-refractivity contribution in [1.82, 2.24) is 0 Å². The van der Waals surface area contributed by atoms with Crippen molar-refractivity contribution in [3.63, 3.8) is 0 Å². The Hall–Kier alpha value is -2.04. The number of nitrogen functional groups attached to an aromatic ring is 1. The lowest BCUT2D eigenvalue weighted by molar-refractivity contribution is 0.441. The fraction of sp³-hybridized carbons (Fsp3) is 0.250. The Morgan fingerprint density at radius 3 is 1.86 bits per heavy atom. The SMILES string of the molecule is CCCCc1c(F)c(F)c(-c2ccc(N)cc2)c(F)c1F. The number of unbranched alkanes of at least 4 members (excludes halogenated alkanes) is 1. The summed E-state index contributed by atoms with van der Waals surface area (Å²) < 4.78 is 56.2. The van der Waals surface area contributed by atoms with Crippen molar-refractivity contribution in [2.45, 2.75) is 26.2 Å². The van der Waals surface area contributed by atoms with E-state index in [-0.39, 0.29) is 12.0 Å². The molecule has 0 saturated carbocycles. The molecule has 0 atom stereocenters. The third-order valence-electron chi connectivity index (χ3n) is 3.33. The molecule has 0 radical (unpaired) electrons. The predicted octanol–water partition coefficient (Wildman–Crippen LogP) is 4.83. The molecular formula is C16H15F4N. The first-order valence-electron chi connectivity index (χ1n) is 6.68. The van der Waals surface area contributed by atoms with E-state index < -0.39 is 34.4 Å². The van der Waals surface area contributed by atoms with Gasteiger partial charge in [0.15, 0.2) is 23.3 Å². The summed E-state index contributed by atoms with van der Waals surface area (Å²) in [6, 6.07) is 5.47. The van der Waals surface area contributed by atoms with E-state index in [0.717, 1.165) is 0 Å². The molecule has 0 fully saturated rings. The Balaban J connectivity index is 2.60. The van der Waals surface area contributed by atoms with Crippen molar-refractivity contribution in [1.29, 1.82) is 0 Å². The molecule has 2 rings (SSSR count). The Labute approximate surface area is 120 Å². The Morgan fingerprint density at radius 2 is 1.38 bits per heavy atom. The normalized spacial score (nSPS) is 10.9. The van der Waals surface area contributed by atoms with Crippen molar-refractivity contribution in [3.8, 4) is 11.1 Å². The zero-order chi connectivity index (χ0) is 15.6. The lowest BCUT2D eigenvalue weighted by Gasteiger charge is -2.12. The number of rotatable bonds is 4. The van der Waals surface area contributed by atoms with Crippen molar-refractivity contribution in [3.05, 3.63) is 53.1 Å². The summed E-state index contributed by atoms with van der Waals surface area (Å²) in [5, 5.41) is 0. The zero-order valence-electron chi connectivity index (χ0n) is 11.5.